The molecule has 4 rings (SSSR count). The summed E-state index contributed by atoms with van der Waals surface area (Å²) in [6.07, 6.45) is 0.996. The highest BCUT2D eigenvalue weighted by atomic mass is 32.2. The molecule has 3 amide bonds. The van der Waals surface area contributed by atoms with Crippen molar-refractivity contribution in [2.45, 2.75) is 17.6 Å². The molecule has 2 aliphatic heterocycles. The molecule has 0 fully saturated rings. The van der Waals surface area contributed by atoms with Crippen LogP contribution in [0.15, 0.2) is 58.6 Å². The van der Waals surface area contributed by atoms with E-state index >= 15 is 0 Å². The van der Waals surface area contributed by atoms with Crippen LogP contribution in [-0.2, 0) is 21.3 Å². The maximum atomic E-state index is 13.1. The Morgan fingerprint density at radius 2 is 2.00 bits per heavy atom. The number of urea groups is 1. The predicted octanol–water partition coefficient (Wildman–Crippen LogP) is 2.09. The molecule has 2 heterocycles. The van der Waals surface area contributed by atoms with Crippen LogP contribution in [0.1, 0.15) is 22.7 Å². The van der Waals surface area contributed by atoms with Crippen molar-refractivity contribution in [2.75, 3.05) is 17.7 Å². The third kappa shape index (κ3) is 3.53. The van der Waals surface area contributed by atoms with Gasteiger partial charge in [0.2, 0.25) is 0 Å². The fourth-order valence-electron chi connectivity index (χ4n) is 3.81. The first kappa shape index (κ1) is 20.6. The van der Waals surface area contributed by atoms with Gasteiger partial charge in [-0.15, -0.1) is 0 Å². The van der Waals surface area contributed by atoms with Gasteiger partial charge >= 0.3 is 6.03 Å². The fourth-order valence-corrected chi connectivity index (χ4v) is 4.77. The number of alkyl halides is 1. The van der Waals surface area contributed by atoms with Gasteiger partial charge in [0.1, 0.15) is 6.67 Å². The number of nitrogens with one attached hydrogen (secondary N) is 2. The van der Waals surface area contributed by atoms with E-state index in [2.05, 4.69) is 10.6 Å². The molecule has 2 aromatic carbocycles. The molecule has 1 atom stereocenters. The van der Waals surface area contributed by atoms with Crippen molar-refractivity contribution in [3.05, 3.63) is 70.4 Å². The molecule has 0 spiro atoms. The van der Waals surface area contributed by atoms with Crippen LogP contribution in [0.2, 0.25) is 0 Å². The topological polar surface area (TPSA) is 119 Å². The van der Waals surface area contributed by atoms with E-state index in [0.29, 0.717) is 16.9 Å². The lowest BCUT2D eigenvalue weighted by molar-refractivity contribution is -0.116. The first-order valence-electron chi connectivity index (χ1n) is 9.25. The molecule has 0 radical (unpaired) electrons. The maximum Gasteiger partial charge on any atom is 0.327 e. The fraction of sp³-hybridized carbons (Fsp3) is 0.190. The van der Waals surface area contributed by atoms with Gasteiger partial charge in [-0.05, 0) is 35.4 Å². The standard InChI is InChI=1S/C21H17FN4O4S/c1-31(29,30)17-8-13(10-23)5-6-15(17)19-18-16(11-24-20(18)27)26(21(28)25-19)14-4-2-3-12(7-14)9-22/h2-8,19H,9,11H2,1H3,(H,24,27)(H,25,28). The quantitative estimate of drug-likeness (QED) is 0.755. The van der Waals surface area contributed by atoms with Crippen molar-refractivity contribution >= 4 is 27.5 Å². The molecule has 2 N–H and O–H groups in total. The number of anilines is 1. The number of nitrogens with zero attached hydrogens (tertiary/aromatic N) is 2. The van der Waals surface area contributed by atoms with E-state index < -0.39 is 34.5 Å². The highest BCUT2D eigenvalue weighted by molar-refractivity contribution is 7.90. The van der Waals surface area contributed by atoms with Gasteiger partial charge < -0.3 is 10.6 Å². The summed E-state index contributed by atoms with van der Waals surface area (Å²) >= 11 is 0. The number of benzene rings is 2. The summed E-state index contributed by atoms with van der Waals surface area (Å²) in [7, 11) is -3.77. The molecule has 2 aliphatic rings. The third-order valence-electron chi connectivity index (χ3n) is 5.18. The van der Waals surface area contributed by atoms with E-state index in [4.69, 9.17) is 5.26 Å². The molecule has 0 saturated heterocycles. The Hall–Kier alpha value is -3.71. The first-order valence-corrected chi connectivity index (χ1v) is 11.1. The summed E-state index contributed by atoms with van der Waals surface area (Å²) in [5.74, 6) is -0.449. The maximum absolute atomic E-state index is 13.1. The molecule has 0 bridgehead atoms. The molecule has 10 heteroatoms. The number of rotatable bonds is 4. The van der Waals surface area contributed by atoms with Crippen molar-refractivity contribution in [1.82, 2.24) is 10.6 Å². The van der Waals surface area contributed by atoms with Crippen molar-refractivity contribution in [3.8, 4) is 6.07 Å². The Kier molecular flexibility index (Phi) is 4.99. The molecular formula is C21H17FN4O4S. The number of carbonyl (C=O) groups is 2. The average Bonchev–Trinajstić information content (AvgIpc) is 3.13. The summed E-state index contributed by atoms with van der Waals surface area (Å²) in [5, 5.41) is 14.5. The summed E-state index contributed by atoms with van der Waals surface area (Å²) in [4.78, 5) is 26.9. The Morgan fingerprint density at radius 1 is 1.23 bits per heavy atom. The number of hydrogen-bond acceptors (Lipinski definition) is 5. The van der Waals surface area contributed by atoms with E-state index in [1.54, 1.807) is 18.2 Å². The lowest BCUT2D eigenvalue weighted by atomic mass is 9.94. The summed E-state index contributed by atoms with van der Waals surface area (Å²) in [5.41, 5.74) is 1.65. The van der Waals surface area contributed by atoms with Crippen LogP contribution in [0.4, 0.5) is 14.9 Å². The summed E-state index contributed by atoms with van der Waals surface area (Å²) in [6.45, 7) is -0.652. The second kappa shape index (κ2) is 7.52. The highest BCUT2D eigenvalue weighted by Crippen LogP contribution is 2.38. The van der Waals surface area contributed by atoms with Gasteiger partial charge in [0.25, 0.3) is 5.91 Å². The van der Waals surface area contributed by atoms with Gasteiger partial charge in [-0.25, -0.2) is 17.6 Å². The van der Waals surface area contributed by atoms with Crippen molar-refractivity contribution in [3.63, 3.8) is 0 Å². The molecule has 31 heavy (non-hydrogen) atoms. The lowest BCUT2D eigenvalue weighted by Crippen LogP contribution is -2.47. The molecule has 2 aromatic rings. The van der Waals surface area contributed by atoms with Gasteiger partial charge in [-0.3, -0.25) is 9.69 Å². The average molecular weight is 440 g/mol. The molecule has 0 aliphatic carbocycles. The summed E-state index contributed by atoms with van der Waals surface area (Å²) < 4.78 is 37.9. The zero-order valence-corrected chi connectivity index (χ0v) is 17.2. The van der Waals surface area contributed by atoms with Crippen molar-refractivity contribution in [2.24, 2.45) is 0 Å². The molecular weight excluding hydrogens is 423 g/mol. The lowest BCUT2D eigenvalue weighted by Gasteiger charge is -2.34. The number of sulfone groups is 1. The van der Waals surface area contributed by atoms with E-state index in [9.17, 15) is 22.4 Å². The predicted molar refractivity (Wildman–Crippen MR) is 109 cm³/mol. The van der Waals surface area contributed by atoms with Crippen LogP contribution in [-0.4, -0.2) is 33.2 Å². The zero-order chi connectivity index (χ0) is 22.3. The van der Waals surface area contributed by atoms with Gasteiger partial charge in [-0.1, -0.05) is 18.2 Å². The van der Waals surface area contributed by atoms with Crippen molar-refractivity contribution in [1.29, 1.82) is 5.26 Å². The number of amides is 3. The number of hydrogen-bond donors (Lipinski definition) is 2. The van der Waals surface area contributed by atoms with Crippen LogP contribution in [0, 0.1) is 11.3 Å². The molecule has 0 aromatic heterocycles. The first-order chi connectivity index (χ1) is 14.7. The van der Waals surface area contributed by atoms with Gasteiger partial charge in [-0.2, -0.15) is 5.26 Å². The second-order valence-corrected chi connectivity index (χ2v) is 9.19. The van der Waals surface area contributed by atoms with Crippen LogP contribution >= 0.6 is 0 Å². The molecule has 0 saturated carbocycles. The zero-order valence-electron chi connectivity index (χ0n) is 16.3. The molecule has 8 nitrogen and oxygen atoms in total. The van der Waals surface area contributed by atoms with Crippen molar-refractivity contribution < 1.29 is 22.4 Å². The summed E-state index contributed by atoms with van der Waals surface area (Å²) in [6, 6.07) is 10.7. The SMILES string of the molecule is CS(=O)(=O)c1cc(C#N)ccc1C1NC(=O)N(c2cccc(CF)c2)C2=C1C(=O)NC2. The molecule has 158 valence electrons. The number of carbonyl (C=O) groups excluding carboxylic acids is 2. The van der Waals surface area contributed by atoms with Gasteiger partial charge in [0.05, 0.1) is 46.1 Å². The van der Waals surface area contributed by atoms with E-state index in [1.807, 2.05) is 6.07 Å². The van der Waals surface area contributed by atoms with E-state index in [1.165, 1.54) is 29.2 Å². The Bertz CT molecular complexity index is 1300. The van der Waals surface area contributed by atoms with Crippen LogP contribution in [0.25, 0.3) is 0 Å². The van der Waals surface area contributed by atoms with Gasteiger partial charge in [0, 0.05) is 6.26 Å². The Labute approximate surface area is 177 Å². The van der Waals surface area contributed by atoms with Crippen LogP contribution in [0.5, 0.6) is 0 Å². The smallest absolute Gasteiger partial charge is 0.327 e. The minimum atomic E-state index is -3.77. The monoisotopic (exact) mass is 440 g/mol. The Balaban J connectivity index is 1.90. The van der Waals surface area contributed by atoms with E-state index in [0.717, 1.165) is 6.26 Å². The van der Waals surface area contributed by atoms with Gasteiger partial charge in [0.15, 0.2) is 9.84 Å². The molecule has 1 unspecified atom stereocenters. The second-order valence-electron chi connectivity index (χ2n) is 7.20. The van der Waals surface area contributed by atoms with Crippen LogP contribution < -0.4 is 15.5 Å². The normalized spacial score (nSPS) is 18.4. The van der Waals surface area contributed by atoms with E-state index in [-0.39, 0.29) is 28.1 Å². The number of halogens is 1. The largest absolute Gasteiger partial charge is 0.347 e. The minimum Gasteiger partial charge on any atom is -0.347 e. The Morgan fingerprint density at radius 3 is 2.68 bits per heavy atom. The highest BCUT2D eigenvalue weighted by Gasteiger charge is 2.42. The third-order valence-corrected chi connectivity index (χ3v) is 6.33. The van der Waals surface area contributed by atoms with Crippen LogP contribution in [0.3, 0.4) is 0 Å². The number of nitriles is 1. The minimum absolute atomic E-state index is 0.0580.